The number of rotatable bonds is 7. The van der Waals surface area contributed by atoms with Gasteiger partial charge in [0, 0.05) is 30.9 Å². The second kappa shape index (κ2) is 11.4. The molecule has 0 amide bonds. The number of nitrogens with zero attached hydrogens (tertiary/aromatic N) is 3. The monoisotopic (exact) mass is 505 g/mol. The molecule has 27 heavy (non-hydrogen) atoms. The Hall–Kier alpha value is -1.48. The average molecular weight is 506 g/mol. The minimum absolute atomic E-state index is 0. The van der Waals surface area contributed by atoms with E-state index in [-0.39, 0.29) is 30.0 Å². The second-order valence-corrected chi connectivity index (χ2v) is 6.76. The summed E-state index contributed by atoms with van der Waals surface area (Å²) in [6, 6.07) is 7.62. The molecule has 1 aromatic heterocycles. The van der Waals surface area contributed by atoms with Crippen LogP contribution in [-0.2, 0) is 13.5 Å². The average Bonchev–Trinajstić information content (AvgIpc) is 2.84. The van der Waals surface area contributed by atoms with Crippen molar-refractivity contribution in [1.29, 1.82) is 0 Å². The van der Waals surface area contributed by atoms with Gasteiger partial charge in [0.1, 0.15) is 12.4 Å². The Morgan fingerprint density at radius 3 is 2.70 bits per heavy atom. The van der Waals surface area contributed by atoms with Crippen LogP contribution in [0.25, 0.3) is 0 Å². The molecule has 0 aliphatic heterocycles. The van der Waals surface area contributed by atoms with Gasteiger partial charge < -0.3 is 15.4 Å². The van der Waals surface area contributed by atoms with Crippen molar-refractivity contribution in [3.63, 3.8) is 0 Å². The molecule has 0 saturated carbocycles. The van der Waals surface area contributed by atoms with Crippen LogP contribution in [0, 0.1) is 13.8 Å². The fourth-order valence-electron chi connectivity index (χ4n) is 2.79. The van der Waals surface area contributed by atoms with Crippen molar-refractivity contribution in [2.75, 3.05) is 20.2 Å². The van der Waals surface area contributed by atoms with Crippen molar-refractivity contribution in [3.8, 4) is 5.75 Å². The van der Waals surface area contributed by atoms with Crippen LogP contribution >= 0.6 is 35.6 Å². The molecule has 0 aliphatic rings. The highest BCUT2D eigenvalue weighted by Gasteiger charge is 2.13. The van der Waals surface area contributed by atoms with E-state index in [4.69, 9.17) is 16.3 Å². The first-order chi connectivity index (χ1) is 12.4. The van der Waals surface area contributed by atoms with Gasteiger partial charge in [-0.25, -0.2) is 0 Å². The van der Waals surface area contributed by atoms with E-state index < -0.39 is 0 Å². The zero-order valence-corrected chi connectivity index (χ0v) is 19.6. The summed E-state index contributed by atoms with van der Waals surface area (Å²) in [5.74, 6) is 1.52. The van der Waals surface area contributed by atoms with Crippen molar-refractivity contribution in [1.82, 2.24) is 20.4 Å². The fourth-order valence-corrected chi connectivity index (χ4v) is 2.97. The lowest BCUT2D eigenvalue weighted by Crippen LogP contribution is -2.44. The summed E-state index contributed by atoms with van der Waals surface area (Å²) in [6.07, 6.45) is 0.894. The second-order valence-electron chi connectivity index (χ2n) is 6.33. The number of guanidine groups is 1. The van der Waals surface area contributed by atoms with E-state index in [1.54, 1.807) is 13.1 Å². The van der Waals surface area contributed by atoms with Crippen LogP contribution in [0.1, 0.15) is 23.9 Å². The Kier molecular flexibility index (Phi) is 9.93. The maximum absolute atomic E-state index is 5.95. The third-order valence-corrected chi connectivity index (χ3v) is 4.47. The Labute approximate surface area is 183 Å². The number of nitrogens with one attached hydrogen (secondary N) is 2. The van der Waals surface area contributed by atoms with E-state index in [0.717, 1.165) is 23.8 Å². The standard InChI is InChI=1S/C19H28ClN5O.HI/c1-13(11-18-14(2)24-25(5)15(18)3)23-19(21-4)22-9-10-26-17-8-6-7-16(20)12-17;/h6-8,12-13H,9-11H2,1-5H3,(H2,21,22,23);1H. The third kappa shape index (κ3) is 7.21. The first kappa shape index (κ1) is 23.6. The Balaban J connectivity index is 0.00000364. The maximum atomic E-state index is 5.95. The molecule has 0 bridgehead atoms. The van der Waals surface area contributed by atoms with Crippen LogP contribution in [0.15, 0.2) is 29.3 Å². The minimum atomic E-state index is 0. The van der Waals surface area contributed by atoms with Gasteiger partial charge in [0.25, 0.3) is 0 Å². The van der Waals surface area contributed by atoms with Crippen molar-refractivity contribution < 1.29 is 4.74 Å². The van der Waals surface area contributed by atoms with E-state index in [1.165, 1.54) is 11.3 Å². The fraction of sp³-hybridized carbons (Fsp3) is 0.474. The van der Waals surface area contributed by atoms with Gasteiger partial charge in [-0.05, 0) is 51.0 Å². The van der Waals surface area contributed by atoms with Crippen molar-refractivity contribution >= 4 is 41.5 Å². The number of halogens is 2. The molecular formula is C19H29ClIN5O. The SMILES string of the molecule is CN=C(NCCOc1cccc(Cl)c1)NC(C)Cc1c(C)nn(C)c1C.I. The maximum Gasteiger partial charge on any atom is 0.191 e. The first-order valence-corrected chi connectivity index (χ1v) is 9.13. The summed E-state index contributed by atoms with van der Waals surface area (Å²) >= 11 is 5.95. The molecular weight excluding hydrogens is 477 g/mol. The lowest BCUT2D eigenvalue weighted by atomic mass is 10.1. The summed E-state index contributed by atoms with van der Waals surface area (Å²) in [5, 5.41) is 11.8. The lowest BCUT2D eigenvalue weighted by molar-refractivity contribution is 0.321. The number of aryl methyl sites for hydroxylation is 2. The molecule has 0 radical (unpaired) electrons. The lowest BCUT2D eigenvalue weighted by Gasteiger charge is -2.18. The predicted octanol–water partition coefficient (Wildman–Crippen LogP) is 3.48. The number of ether oxygens (including phenoxy) is 1. The summed E-state index contributed by atoms with van der Waals surface area (Å²) in [5.41, 5.74) is 3.57. The van der Waals surface area contributed by atoms with Crippen LogP contribution in [0.5, 0.6) is 5.75 Å². The quantitative estimate of drug-likeness (QED) is 0.262. The third-order valence-electron chi connectivity index (χ3n) is 4.24. The van der Waals surface area contributed by atoms with Crippen molar-refractivity contribution in [2.45, 2.75) is 33.2 Å². The van der Waals surface area contributed by atoms with E-state index in [9.17, 15) is 0 Å². The Bertz CT molecular complexity index is 763. The normalized spacial score (nSPS) is 12.3. The highest BCUT2D eigenvalue weighted by atomic mass is 127. The molecule has 1 heterocycles. The molecule has 150 valence electrons. The zero-order valence-electron chi connectivity index (χ0n) is 16.5. The summed E-state index contributed by atoms with van der Waals surface area (Å²) in [7, 11) is 3.74. The van der Waals surface area contributed by atoms with Crippen LogP contribution < -0.4 is 15.4 Å². The number of aliphatic imine (C=N–C) groups is 1. The van der Waals surface area contributed by atoms with Crippen LogP contribution in [0.2, 0.25) is 5.02 Å². The van der Waals surface area contributed by atoms with Gasteiger partial charge in [0.15, 0.2) is 5.96 Å². The van der Waals surface area contributed by atoms with Crippen LogP contribution in [0.4, 0.5) is 0 Å². The molecule has 6 nitrogen and oxygen atoms in total. The number of benzene rings is 1. The summed E-state index contributed by atoms with van der Waals surface area (Å²) < 4.78 is 7.60. The van der Waals surface area contributed by atoms with Crippen LogP contribution in [-0.4, -0.2) is 42.0 Å². The van der Waals surface area contributed by atoms with Crippen LogP contribution in [0.3, 0.4) is 0 Å². The van der Waals surface area contributed by atoms with Gasteiger partial charge in [0.05, 0.1) is 12.2 Å². The molecule has 2 N–H and O–H groups in total. The van der Waals surface area contributed by atoms with Gasteiger partial charge >= 0.3 is 0 Å². The van der Waals surface area contributed by atoms with E-state index >= 15 is 0 Å². The van der Waals surface area contributed by atoms with Gasteiger partial charge in [-0.1, -0.05) is 17.7 Å². The van der Waals surface area contributed by atoms with Gasteiger partial charge in [0.2, 0.25) is 0 Å². The molecule has 0 spiro atoms. The molecule has 0 fully saturated rings. The van der Waals surface area contributed by atoms with Gasteiger partial charge in [-0.3, -0.25) is 9.67 Å². The number of aromatic nitrogens is 2. The Morgan fingerprint density at radius 1 is 1.37 bits per heavy atom. The predicted molar refractivity (Wildman–Crippen MR) is 123 cm³/mol. The van der Waals surface area contributed by atoms with E-state index in [1.807, 2.05) is 29.9 Å². The molecule has 0 saturated heterocycles. The first-order valence-electron chi connectivity index (χ1n) is 8.75. The summed E-state index contributed by atoms with van der Waals surface area (Å²) in [6.45, 7) is 7.46. The zero-order chi connectivity index (χ0) is 19.1. The smallest absolute Gasteiger partial charge is 0.191 e. The topological polar surface area (TPSA) is 63.5 Å². The molecule has 8 heteroatoms. The van der Waals surface area contributed by atoms with E-state index in [0.29, 0.717) is 18.2 Å². The highest BCUT2D eigenvalue weighted by molar-refractivity contribution is 14.0. The number of hydrogen-bond acceptors (Lipinski definition) is 3. The Morgan fingerprint density at radius 2 is 2.11 bits per heavy atom. The van der Waals surface area contributed by atoms with Crippen molar-refractivity contribution in [2.24, 2.45) is 12.0 Å². The van der Waals surface area contributed by atoms with Crippen molar-refractivity contribution in [3.05, 3.63) is 46.2 Å². The highest BCUT2D eigenvalue weighted by Crippen LogP contribution is 2.16. The molecule has 0 aliphatic carbocycles. The van der Waals surface area contributed by atoms with E-state index in [2.05, 4.69) is 41.5 Å². The minimum Gasteiger partial charge on any atom is -0.492 e. The molecule has 1 unspecified atom stereocenters. The molecule has 1 aromatic carbocycles. The molecule has 1 atom stereocenters. The summed E-state index contributed by atoms with van der Waals surface area (Å²) in [4.78, 5) is 4.28. The molecule has 2 rings (SSSR count). The van der Waals surface area contributed by atoms with Gasteiger partial charge in [-0.2, -0.15) is 5.10 Å². The van der Waals surface area contributed by atoms with Gasteiger partial charge in [-0.15, -0.1) is 24.0 Å². The molecule has 2 aromatic rings. The largest absolute Gasteiger partial charge is 0.492 e. The number of hydrogen-bond donors (Lipinski definition) is 2.